The van der Waals surface area contributed by atoms with Crippen LogP contribution in [0, 0.1) is 20.8 Å². The second kappa shape index (κ2) is 5.15. The number of likely N-dealkylation sites (N-methyl/N-ethyl adjacent to an activating group) is 1. The summed E-state index contributed by atoms with van der Waals surface area (Å²) >= 11 is 0. The smallest absolute Gasteiger partial charge is 0.0515 e. The number of aromatic nitrogens is 1. The summed E-state index contributed by atoms with van der Waals surface area (Å²) in [6.07, 6.45) is 1.11. The van der Waals surface area contributed by atoms with Gasteiger partial charge in [-0.2, -0.15) is 0 Å². The molecule has 0 atom stereocenters. The van der Waals surface area contributed by atoms with Crippen LogP contribution in [0.25, 0.3) is 10.9 Å². The highest BCUT2D eigenvalue weighted by Gasteiger charge is 2.13. The van der Waals surface area contributed by atoms with Crippen LogP contribution in [0.5, 0.6) is 0 Å². The maximum absolute atomic E-state index is 3.41. The molecule has 98 valence electrons. The van der Waals surface area contributed by atoms with Gasteiger partial charge in [0.05, 0.1) is 5.52 Å². The largest absolute Gasteiger partial charge is 0.347 e. The van der Waals surface area contributed by atoms with Crippen LogP contribution in [0.3, 0.4) is 0 Å². The molecule has 2 heteroatoms. The molecule has 1 heterocycles. The number of rotatable bonds is 4. The minimum atomic E-state index is 1.04. The first-order valence-electron chi connectivity index (χ1n) is 6.82. The number of nitrogens with zero attached hydrogens (tertiary/aromatic N) is 1. The first-order valence-corrected chi connectivity index (χ1v) is 6.82. The van der Waals surface area contributed by atoms with Gasteiger partial charge in [-0.3, -0.25) is 0 Å². The van der Waals surface area contributed by atoms with Gasteiger partial charge in [0, 0.05) is 18.1 Å². The lowest BCUT2D eigenvalue weighted by atomic mass is 10.0. The van der Waals surface area contributed by atoms with E-state index in [1.54, 1.807) is 0 Å². The molecular weight excluding hydrogens is 220 g/mol. The van der Waals surface area contributed by atoms with Crippen LogP contribution in [-0.4, -0.2) is 17.7 Å². The second-order valence-electron chi connectivity index (χ2n) is 5.13. The number of hydrogen-bond acceptors (Lipinski definition) is 1. The fourth-order valence-electron chi connectivity index (χ4n) is 2.75. The predicted octanol–water partition coefficient (Wildman–Crippen LogP) is 3.26. The fourth-order valence-corrected chi connectivity index (χ4v) is 2.75. The van der Waals surface area contributed by atoms with Gasteiger partial charge in [-0.1, -0.05) is 19.1 Å². The van der Waals surface area contributed by atoms with E-state index in [0.29, 0.717) is 0 Å². The molecule has 0 saturated carbocycles. The normalized spacial score (nSPS) is 11.4. The molecule has 0 aliphatic carbocycles. The Morgan fingerprint density at radius 2 is 1.89 bits per heavy atom. The SMILES string of the molecule is CCNCCc1c(C)n(C)c2c(C)c(C)ccc12. The predicted molar refractivity (Wildman–Crippen MR) is 79.4 cm³/mol. The number of nitrogens with one attached hydrogen (secondary N) is 1. The van der Waals surface area contributed by atoms with Crippen molar-refractivity contribution >= 4 is 10.9 Å². The minimum Gasteiger partial charge on any atom is -0.347 e. The van der Waals surface area contributed by atoms with Crippen molar-refractivity contribution in [2.75, 3.05) is 13.1 Å². The zero-order valence-corrected chi connectivity index (χ0v) is 12.2. The summed E-state index contributed by atoms with van der Waals surface area (Å²) in [5.41, 5.74) is 7.08. The van der Waals surface area contributed by atoms with Gasteiger partial charge in [-0.25, -0.2) is 0 Å². The average Bonchev–Trinajstić information content (AvgIpc) is 2.59. The van der Waals surface area contributed by atoms with Crippen LogP contribution >= 0.6 is 0 Å². The summed E-state index contributed by atoms with van der Waals surface area (Å²) in [6.45, 7) is 10.9. The maximum Gasteiger partial charge on any atom is 0.0515 e. The van der Waals surface area contributed by atoms with Crippen molar-refractivity contribution in [1.29, 1.82) is 0 Å². The van der Waals surface area contributed by atoms with E-state index in [2.05, 4.69) is 56.8 Å². The molecule has 2 aromatic rings. The third-order valence-electron chi connectivity index (χ3n) is 4.10. The Balaban J connectivity index is 2.53. The summed E-state index contributed by atoms with van der Waals surface area (Å²) < 4.78 is 2.35. The van der Waals surface area contributed by atoms with Gasteiger partial charge in [-0.05, 0) is 57.0 Å². The highest BCUT2D eigenvalue weighted by atomic mass is 14.9. The average molecular weight is 244 g/mol. The van der Waals surface area contributed by atoms with Crippen LogP contribution in [0.15, 0.2) is 12.1 Å². The Bertz CT molecular complexity index is 564. The first kappa shape index (κ1) is 13.2. The van der Waals surface area contributed by atoms with Gasteiger partial charge in [0.2, 0.25) is 0 Å². The molecule has 0 saturated heterocycles. The highest BCUT2D eigenvalue weighted by Crippen LogP contribution is 2.29. The van der Waals surface area contributed by atoms with E-state index in [0.717, 1.165) is 19.5 Å². The fraction of sp³-hybridized carbons (Fsp3) is 0.500. The van der Waals surface area contributed by atoms with Crippen molar-refractivity contribution in [3.63, 3.8) is 0 Å². The molecule has 2 rings (SSSR count). The summed E-state index contributed by atoms with van der Waals surface area (Å²) in [7, 11) is 2.18. The van der Waals surface area contributed by atoms with E-state index in [1.165, 1.54) is 33.3 Å². The Morgan fingerprint density at radius 3 is 2.56 bits per heavy atom. The van der Waals surface area contributed by atoms with Crippen molar-refractivity contribution in [3.05, 3.63) is 34.5 Å². The van der Waals surface area contributed by atoms with E-state index in [9.17, 15) is 0 Å². The molecule has 0 radical (unpaired) electrons. The lowest BCUT2D eigenvalue weighted by Crippen LogP contribution is -2.16. The van der Waals surface area contributed by atoms with Crippen LogP contribution in [0.2, 0.25) is 0 Å². The van der Waals surface area contributed by atoms with Crippen molar-refractivity contribution in [2.45, 2.75) is 34.1 Å². The number of fused-ring (bicyclic) bond motifs is 1. The van der Waals surface area contributed by atoms with Gasteiger partial charge >= 0.3 is 0 Å². The lowest BCUT2D eigenvalue weighted by molar-refractivity contribution is 0.714. The molecule has 2 nitrogen and oxygen atoms in total. The van der Waals surface area contributed by atoms with Gasteiger partial charge in [0.1, 0.15) is 0 Å². The number of hydrogen-bond donors (Lipinski definition) is 1. The van der Waals surface area contributed by atoms with Crippen LogP contribution < -0.4 is 5.32 Å². The van der Waals surface area contributed by atoms with Gasteiger partial charge in [0.25, 0.3) is 0 Å². The summed E-state index contributed by atoms with van der Waals surface area (Å²) in [5, 5.41) is 4.84. The molecule has 0 aliphatic rings. The molecule has 18 heavy (non-hydrogen) atoms. The third-order valence-corrected chi connectivity index (χ3v) is 4.10. The summed E-state index contributed by atoms with van der Waals surface area (Å²) in [4.78, 5) is 0. The molecule has 1 aromatic carbocycles. The molecule has 0 amide bonds. The zero-order valence-electron chi connectivity index (χ0n) is 12.2. The van der Waals surface area contributed by atoms with Gasteiger partial charge < -0.3 is 9.88 Å². The van der Waals surface area contributed by atoms with Crippen molar-refractivity contribution in [1.82, 2.24) is 9.88 Å². The van der Waals surface area contributed by atoms with Gasteiger partial charge in [0.15, 0.2) is 0 Å². The van der Waals surface area contributed by atoms with E-state index in [-0.39, 0.29) is 0 Å². The van der Waals surface area contributed by atoms with Crippen molar-refractivity contribution < 1.29 is 0 Å². The Morgan fingerprint density at radius 1 is 1.17 bits per heavy atom. The Labute approximate surface area is 110 Å². The minimum absolute atomic E-state index is 1.04. The molecule has 0 unspecified atom stereocenters. The standard InChI is InChI=1S/C16H24N2/c1-6-17-10-9-14-13(4)18(5)16-12(3)11(2)7-8-15(14)16/h7-8,17H,6,9-10H2,1-5H3. The summed E-state index contributed by atoms with van der Waals surface area (Å²) in [6, 6.07) is 4.53. The first-order chi connectivity index (χ1) is 8.57. The van der Waals surface area contributed by atoms with Crippen LogP contribution in [0.1, 0.15) is 29.3 Å². The molecule has 0 bridgehead atoms. The third kappa shape index (κ3) is 2.05. The monoisotopic (exact) mass is 244 g/mol. The molecule has 0 aliphatic heterocycles. The van der Waals surface area contributed by atoms with Gasteiger partial charge in [-0.15, -0.1) is 0 Å². The Hall–Kier alpha value is -1.28. The van der Waals surface area contributed by atoms with Crippen LogP contribution in [0.4, 0.5) is 0 Å². The maximum atomic E-state index is 3.41. The Kier molecular flexibility index (Phi) is 3.76. The van der Waals surface area contributed by atoms with E-state index in [4.69, 9.17) is 0 Å². The number of aryl methyl sites for hydroxylation is 3. The second-order valence-corrected chi connectivity index (χ2v) is 5.13. The van der Waals surface area contributed by atoms with E-state index in [1.807, 2.05) is 0 Å². The van der Waals surface area contributed by atoms with E-state index < -0.39 is 0 Å². The molecule has 1 N–H and O–H groups in total. The molecule has 0 spiro atoms. The molecule has 1 aromatic heterocycles. The molecular formula is C16H24N2. The lowest BCUT2D eigenvalue weighted by Gasteiger charge is -2.05. The quantitative estimate of drug-likeness (QED) is 0.817. The topological polar surface area (TPSA) is 17.0 Å². The van der Waals surface area contributed by atoms with Crippen molar-refractivity contribution in [2.24, 2.45) is 7.05 Å². The number of benzene rings is 1. The van der Waals surface area contributed by atoms with Crippen molar-refractivity contribution in [3.8, 4) is 0 Å². The highest BCUT2D eigenvalue weighted by molar-refractivity contribution is 5.89. The zero-order chi connectivity index (χ0) is 13.3. The van der Waals surface area contributed by atoms with E-state index >= 15 is 0 Å². The van der Waals surface area contributed by atoms with Crippen LogP contribution in [-0.2, 0) is 13.5 Å². The summed E-state index contributed by atoms with van der Waals surface area (Å²) in [5.74, 6) is 0. The molecule has 0 fully saturated rings.